The van der Waals surface area contributed by atoms with Gasteiger partial charge in [-0.05, 0) is 47.1 Å². The van der Waals surface area contributed by atoms with Gasteiger partial charge in [0.15, 0.2) is 0 Å². The third-order valence-electron chi connectivity index (χ3n) is 4.10. The Kier molecular flexibility index (Phi) is 3.25. The van der Waals surface area contributed by atoms with Crippen molar-refractivity contribution in [3.05, 3.63) is 64.7 Å². The molecule has 1 aliphatic carbocycles. The molecule has 0 fully saturated rings. The molecule has 0 bridgehead atoms. The van der Waals surface area contributed by atoms with Crippen LogP contribution < -0.4 is 0 Å². The predicted octanol–water partition coefficient (Wildman–Crippen LogP) is 5.27. The van der Waals surface area contributed by atoms with Gasteiger partial charge in [-0.2, -0.15) is 0 Å². The number of rotatable bonds is 3. The van der Waals surface area contributed by atoms with Crippen molar-refractivity contribution in [2.45, 2.75) is 33.1 Å². The summed E-state index contributed by atoms with van der Waals surface area (Å²) in [6, 6.07) is 15.5. The number of allylic oxidation sites excluding steroid dienone is 1. The maximum absolute atomic E-state index is 2.40. The number of benzene rings is 2. The molecule has 0 heterocycles. The fourth-order valence-corrected chi connectivity index (χ4v) is 2.99. The SMILES string of the molecule is CCC1=Cc2c(cccc2-c2ccccc2CC)C1. The minimum atomic E-state index is 1.09. The summed E-state index contributed by atoms with van der Waals surface area (Å²) in [6.07, 6.45) is 5.78. The molecule has 0 saturated carbocycles. The molecule has 0 aliphatic heterocycles. The molecule has 0 aromatic heterocycles. The largest absolute Gasteiger partial charge is 0.0655 e. The molecule has 0 heteroatoms. The molecule has 0 saturated heterocycles. The van der Waals surface area contributed by atoms with Crippen molar-refractivity contribution in [2.75, 3.05) is 0 Å². The highest BCUT2D eigenvalue weighted by Gasteiger charge is 2.16. The Morgan fingerprint density at radius 1 is 0.842 bits per heavy atom. The Balaban J connectivity index is 2.17. The smallest absolute Gasteiger partial charge is 0.00577 e. The third kappa shape index (κ3) is 2.12. The lowest BCUT2D eigenvalue weighted by Gasteiger charge is -2.11. The standard InChI is InChI=1S/C19H20/c1-3-14-12-16-9-7-11-18(19(16)13-14)17-10-6-5-8-15(17)4-2/h5-11,13H,3-4,12H2,1-2H3. The van der Waals surface area contributed by atoms with Crippen molar-refractivity contribution in [3.8, 4) is 11.1 Å². The molecule has 0 amide bonds. The summed E-state index contributed by atoms with van der Waals surface area (Å²) >= 11 is 0. The Hall–Kier alpha value is -1.82. The van der Waals surface area contributed by atoms with Crippen LogP contribution in [0, 0.1) is 0 Å². The Morgan fingerprint density at radius 3 is 2.42 bits per heavy atom. The predicted molar refractivity (Wildman–Crippen MR) is 83.2 cm³/mol. The van der Waals surface area contributed by atoms with Crippen LogP contribution in [0.15, 0.2) is 48.0 Å². The minimum absolute atomic E-state index is 1.09. The molecule has 0 radical (unpaired) electrons. The van der Waals surface area contributed by atoms with Crippen molar-refractivity contribution in [1.82, 2.24) is 0 Å². The molecular weight excluding hydrogens is 228 g/mol. The normalized spacial score (nSPS) is 13.3. The van der Waals surface area contributed by atoms with E-state index in [1.54, 1.807) is 5.57 Å². The molecule has 0 N–H and O–H groups in total. The lowest BCUT2D eigenvalue weighted by Crippen LogP contribution is -1.91. The highest BCUT2D eigenvalue weighted by molar-refractivity contribution is 5.82. The maximum Gasteiger partial charge on any atom is -0.00577 e. The Labute approximate surface area is 115 Å². The van der Waals surface area contributed by atoms with Gasteiger partial charge < -0.3 is 0 Å². The fourth-order valence-electron chi connectivity index (χ4n) is 2.99. The maximum atomic E-state index is 2.40. The van der Waals surface area contributed by atoms with Crippen LogP contribution in [0.2, 0.25) is 0 Å². The second-order valence-corrected chi connectivity index (χ2v) is 5.22. The van der Waals surface area contributed by atoms with Crippen LogP contribution in [0.4, 0.5) is 0 Å². The number of fused-ring (bicyclic) bond motifs is 1. The van der Waals surface area contributed by atoms with Gasteiger partial charge in [-0.1, -0.05) is 68.0 Å². The van der Waals surface area contributed by atoms with Crippen LogP contribution in [0.25, 0.3) is 17.2 Å². The molecule has 0 unspecified atom stereocenters. The number of hydrogen-bond donors (Lipinski definition) is 0. The Morgan fingerprint density at radius 2 is 1.63 bits per heavy atom. The van der Waals surface area contributed by atoms with Gasteiger partial charge in [0.25, 0.3) is 0 Å². The zero-order valence-electron chi connectivity index (χ0n) is 11.7. The van der Waals surface area contributed by atoms with Gasteiger partial charge in [0.1, 0.15) is 0 Å². The number of aryl methyl sites for hydroxylation is 1. The molecule has 96 valence electrons. The zero-order valence-corrected chi connectivity index (χ0v) is 11.7. The van der Waals surface area contributed by atoms with Crippen LogP contribution in [0.1, 0.15) is 37.0 Å². The fraction of sp³-hybridized carbons (Fsp3) is 0.263. The number of hydrogen-bond acceptors (Lipinski definition) is 0. The van der Waals surface area contributed by atoms with E-state index in [0.29, 0.717) is 0 Å². The van der Waals surface area contributed by atoms with Crippen molar-refractivity contribution < 1.29 is 0 Å². The van der Waals surface area contributed by atoms with Crippen LogP contribution in [-0.4, -0.2) is 0 Å². The molecule has 19 heavy (non-hydrogen) atoms. The summed E-state index contributed by atoms with van der Waals surface area (Å²) in [5.41, 5.74) is 8.72. The van der Waals surface area contributed by atoms with Gasteiger partial charge in [0, 0.05) is 0 Å². The van der Waals surface area contributed by atoms with E-state index >= 15 is 0 Å². The van der Waals surface area contributed by atoms with Crippen LogP contribution in [-0.2, 0) is 12.8 Å². The lowest BCUT2D eigenvalue weighted by molar-refractivity contribution is 1.04. The first-order valence-corrected chi connectivity index (χ1v) is 7.23. The molecule has 3 rings (SSSR count). The Bertz CT molecular complexity index is 632. The van der Waals surface area contributed by atoms with E-state index in [0.717, 1.165) is 19.3 Å². The zero-order chi connectivity index (χ0) is 13.2. The van der Waals surface area contributed by atoms with Crippen LogP contribution >= 0.6 is 0 Å². The van der Waals surface area contributed by atoms with Crippen molar-refractivity contribution in [1.29, 1.82) is 0 Å². The average molecular weight is 248 g/mol. The van der Waals surface area contributed by atoms with Crippen LogP contribution in [0.5, 0.6) is 0 Å². The second-order valence-electron chi connectivity index (χ2n) is 5.22. The van der Waals surface area contributed by atoms with Gasteiger partial charge in [0.2, 0.25) is 0 Å². The highest BCUT2D eigenvalue weighted by Crippen LogP contribution is 2.36. The van der Waals surface area contributed by atoms with E-state index < -0.39 is 0 Å². The first-order chi connectivity index (χ1) is 9.33. The van der Waals surface area contributed by atoms with E-state index in [1.807, 2.05) is 0 Å². The van der Waals surface area contributed by atoms with E-state index in [4.69, 9.17) is 0 Å². The second kappa shape index (κ2) is 5.05. The van der Waals surface area contributed by atoms with Gasteiger partial charge in [0.05, 0.1) is 0 Å². The minimum Gasteiger partial charge on any atom is -0.0655 e. The summed E-state index contributed by atoms with van der Waals surface area (Å²) in [5, 5.41) is 0. The quantitative estimate of drug-likeness (QED) is 0.694. The molecule has 0 atom stereocenters. The summed E-state index contributed by atoms with van der Waals surface area (Å²) in [7, 11) is 0. The average Bonchev–Trinajstić information content (AvgIpc) is 2.90. The van der Waals surface area contributed by atoms with Crippen LogP contribution in [0.3, 0.4) is 0 Å². The monoisotopic (exact) mass is 248 g/mol. The summed E-state index contributed by atoms with van der Waals surface area (Å²) in [6.45, 7) is 4.48. The molecular formula is C19H20. The summed E-state index contributed by atoms with van der Waals surface area (Å²) < 4.78 is 0. The van der Waals surface area contributed by atoms with Gasteiger partial charge >= 0.3 is 0 Å². The lowest BCUT2D eigenvalue weighted by atomic mass is 9.93. The van der Waals surface area contributed by atoms with Crippen molar-refractivity contribution in [2.24, 2.45) is 0 Å². The molecule has 2 aromatic rings. The molecule has 1 aliphatic rings. The van der Waals surface area contributed by atoms with E-state index in [2.05, 4.69) is 62.4 Å². The molecule has 2 aromatic carbocycles. The first kappa shape index (κ1) is 12.2. The molecule has 0 spiro atoms. The van der Waals surface area contributed by atoms with Gasteiger partial charge in [-0.15, -0.1) is 0 Å². The third-order valence-corrected chi connectivity index (χ3v) is 4.10. The topological polar surface area (TPSA) is 0 Å². The van der Waals surface area contributed by atoms with Gasteiger partial charge in [-0.25, -0.2) is 0 Å². The van der Waals surface area contributed by atoms with E-state index in [-0.39, 0.29) is 0 Å². The highest BCUT2D eigenvalue weighted by atomic mass is 14.2. The first-order valence-electron chi connectivity index (χ1n) is 7.23. The molecule has 0 nitrogen and oxygen atoms in total. The van der Waals surface area contributed by atoms with E-state index in [1.165, 1.54) is 27.8 Å². The van der Waals surface area contributed by atoms with E-state index in [9.17, 15) is 0 Å². The van der Waals surface area contributed by atoms with Gasteiger partial charge in [-0.3, -0.25) is 0 Å². The van der Waals surface area contributed by atoms with Crippen molar-refractivity contribution >= 4 is 6.08 Å². The summed E-state index contributed by atoms with van der Waals surface area (Å²) in [4.78, 5) is 0. The van der Waals surface area contributed by atoms with Crippen molar-refractivity contribution in [3.63, 3.8) is 0 Å². The summed E-state index contributed by atoms with van der Waals surface area (Å²) in [5.74, 6) is 0.